The number of hydrogen-bond acceptors (Lipinski definition) is 1. The molecule has 0 radical (unpaired) electrons. The lowest BCUT2D eigenvalue weighted by Crippen LogP contribution is -2.09. The highest BCUT2D eigenvalue weighted by Gasteiger charge is 2.06. The van der Waals surface area contributed by atoms with Gasteiger partial charge >= 0.3 is 0 Å². The minimum absolute atomic E-state index is 0.161. The summed E-state index contributed by atoms with van der Waals surface area (Å²) in [6, 6.07) is 19.2. The highest BCUT2D eigenvalue weighted by Crippen LogP contribution is 2.24. The maximum Gasteiger partial charge on any atom is 0.0295 e. The molecular weight excluding hydrogens is 218 g/mol. The van der Waals surface area contributed by atoms with E-state index in [-0.39, 0.29) is 6.04 Å². The van der Waals surface area contributed by atoms with Crippen LogP contribution in [0.5, 0.6) is 0 Å². The topological polar surface area (TPSA) is 26.0 Å². The van der Waals surface area contributed by atoms with Gasteiger partial charge in [-0.1, -0.05) is 68.3 Å². The molecule has 0 aliphatic heterocycles. The molecule has 1 nitrogen and oxygen atoms in total. The van der Waals surface area contributed by atoms with E-state index >= 15 is 0 Å². The van der Waals surface area contributed by atoms with Gasteiger partial charge in [0.15, 0.2) is 0 Å². The quantitative estimate of drug-likeness (QED) is 0.814. The molecule has 0 spiro atoms. The highest BCUT2D eigenvalue weighted by atomic mass is 14.6. The number of rotatable bonds is 5. The van der Waals surface area contributed by atoms with Crippen LogP contribution in [0.25, 0.3) is 11.1 Å². The number of benzene rings is 2. The van der Waals surface area contributed by atoms with Gasteiger partial charge in [-0.15, -0.1) is 0 Å². The van der Waals surface area contributed by atoms with Gasteiger partial charge in [-0.25, -0.2) is 0 Å². The lowest BCUT2D eigenvalue weighted by molar-refractivity contribution is 0.603. The van der Waals surface area contributed by atoms with E-state index in [0.29, 0.717) is 0 Å². The molecular formula is C17H21N. The van der Waals surface area contributed by atoms with Crippen molar-refractivity contribution in [3.8, 4) is 11.1 Å². The van der Waals surface area contributed by atoms with E-state index in [0.717, 1.165) is 6.42 Å². The van der Waals surface area contributed by atoms with Crippen molar-refractivity contribution in [1.82, 2.24) is 0 Å². The molecule has 0 bridgehead atoms. The largest absolute Gasteiger partial charge is 0.324 e. The van der Waals surface area contributed by atoms with Crippen molar-refractivity contribution in [2.75, 3.05) is 0 Å². The van der Waals surface area contributed by atoms with Crippen molar-refractivity contribution in [3.63, 3.8) is 0 Å². The zero-order valence-corrected chi connectivity index (χ0v) is 11.0. The van der Waals surface area contributed by atoms with E-state index < -0.39 is 0 Å². The Labute approximate surface area is 110 Å². The molecule has 2 rings (SSSR count). The van der Waals surface area contributed by atoms with Crippen LogP contribution in [0.1, 0.15) is 37.8 Å². The fourth-order valence-electron chi connectivity index (χ4n) is 2.17. The highest BCUT2D eigenvalue weighted by molar-refractivity contribution is 5.64. The lowest BCUT2D eigenvalue weighted by Gasteiger charge is -2.13. The Morgan fingerprint density at radius 1 is 0.944 bits per heavy atom. The lowest BCUT2D eigenvalue weighted by atomic mass is 9.97. The molecule has 2 aromatic rings. The van der Waals surface area contributed by atoms with Crippen molar-refractivity contribution < 1.29 is 0 Å². The Bertz CT molecular complexity index is 476. The molecule has 0 saturated carbocycles. The molecule has 1 atom stereocenters. The molecule has 1 heteroatoms. The number of unbranched alkanes of at least 4 members (excludes halogenated alkanes) is 1. The average molecular weight is 239 g/mol. The second kappa shape index (κ2) is 6.36. The molecule has 0 heterocycles. The molecule has 94 valence electrons. The zero-order chi connectivity index (χ0) is 12.8. The van der Waals surface area contributed by atoms with Gasteiger partial charge in [0.2, 0.25) is 0 Å². The van der Waals surface area contributed by atoms with Gasteiger partial charge in [0.1, 0.15) is 0 Å². The number of nitrogens with two attached hydrogens (primary N) is 1. The predicted molar refractivity (Wildman–Crippen MR) is 78.3 cm³/mol. The van der Waals surface area contributed by atoms with Gasteiger partial charge < -0.3 is 5.73 Å². The van der Waals surface area contributed by atoms with Crippen LogP contribution in [-0.2, 0) is 0 Å². The maximum absolute atomic E-state index is 6.23. The molecule has 0 unspecified atom stereocenters. The van der Waals surface area contributed by atoms with Crippen molar-refractivity contribution >= 4 is 0 Å². The van der Waals surface area contributed by atoms with E-state index in [2.05, 4.69) is 55.5 Å². The molecule has 0 aliphatic carbocycles. The van der Waals surface area contributed by atoms with Gasteiger partial charge in [-0.3, -0.25) is 0 Å². The first-order chi connectivity index (χ1) is 8.81. The predicted octanol–water partition coefficient (Wildman–Crippen LogP) is 4.54. The van der Waals surface area contributed by atoms with Crippen molar-refractivity contribution in [2.24, 2.45) is 5.73 Å². The molecule has 0 amide bonds. The third kappa shape index (κ3) is 3.21. The summed E-state index contributed by atoms with van der Waals surface area (Å²) in [6.07, 6.45) is 3.46. The van der Waals surface area contributed by atoms with Crippen molar-refractivity contribution in [2.45, 2.75) is 32.2 Å². The van der Waals surface area contributed by atoms with Crippen molar-refractivity contribution in [3.05, 3.63) is 60.2 Å². The second-order valence-corrected chi connectivity index (χ2v) is 4.74. The Balaban J connectivity index is 2.20. The van der Waals surface area contributed by atoms with Gasteiger partial charge in [0, 0.05) is 6.04 Å². The molecule has 0 aromatic heterocycles. The van der Waals surface area contributed by atoms with Crippen LogP contribution in [-0.4, -0.2) is 0 Å². The standard InChI is InChI=1S/C17H21N/c1-2-3-12-17(18)16-11-7-10-15(13-16)14-8-5-4-6-9-14/h4-11,13,17H,2-3,12,18H2,1H3/t17-/m1/s1. The first-order valence-electron chi connectivity index (χ1n) is 6.72. The molecule has 0 fully saturated rings. The Hall–Kier alpha value is -1.60. The van der Waals surface area contributed by atoms with Gasteiger partial charge in [-0.05, 0) is 29.2 Å². The molecule has 0 aliphatic rings. The fourth-order valence-corrected chi connectivity index (χ4v) is 2.17. The Kier molecular flexibility index (Phi) is 4.54. The van der Waals surface area contributed by atoms with Crippen molar-refractivity contribution in [1.29, 1.82) is 0 Å². The first-order valence-corrected chi connectivity index (χ1v) is 6.72. The van der Waals surface area contributed by atoms with Crippen LogP contribution in [0.15, 0.2) is 54.6 Å². The SMILES string of the molecule is CCCC[C@@H](N)c1cccc(-c2ccccc2)c1. The van der Waals surface area contributed by atoms with E-state index in [9.17, 15) is 0 Å². The summed E-state index contributed by atoms with van der Waals surface area (Å²) in [5.74, 6) is 0. The third-order valence-corrected chi connectivity index (χ3v) is 3.29. The zero-order valence-electron chi connectivity index (χ0n) is 11.0. The minimum Gasteiger partial charge on any atom is -0.324 e. The van der Waals surface area contributed by atoms with Gasteiger partial charge in [0.05, 0.1) is 0 Å². The van der Waals surface area contributed by atoms with E-state index in [1.54, 1.807) is 0 Å². The summed E-state index contributed by atoms with van der Waals surface area (Å²) >= 11 is 0. The van der Waals surface area contributed by atoms with Crippen LogP contribution < -0.4 is 5.73 Å². The summed E-state index contributed by atoms with van der Waals surface area (Å²) < 4.78 is 0. The summed E-state index contributed by atoms with van der Waals surface area (Å²) in [5.41, 5.74) is 9.97. The second-order valence-electron chi connectivity index (χ2n) is 4.74. The third-order valence-electron chi connectivity index (χ3n) is 3.29. The number of hydrogen-bond donors (Lipinski definition) is 1. The Morgan fingerprint density at radius 3 is 2.39 bits per heavy atom. The molecule has 2 aromatic carbocycles. The van der Waals surface area contributed by atoms with E-state index in [1.807, 2.05) is 6.07 Å². The first kappa shape index (κ1) is 12.8. The summed E-state index contributed by atoms with van der Waals surface area (Å²) in [7, 11) is 0. The fraction of sp³-hybridized carbons (Fsp3) is 0.294. The average Bonchev–Trinajstić information content (AvgIpc) is 2.46. The monoisotopic (exact) mass is 239 g/mol. The molecule has 2 N–H and O–H groups in total. The van der Waals surface area contributed by atoms with Crippen LogP contribution >= 0.6 is 0 Å². The summed E-state index contributed by atoms with van der Waals surface area (Å²) in [4.78, 5) is 0. The Morgan fingerprint density at radius 2 is 1.67 bits per heavy atom. The summed E-state index contributed by atoms with van der Waals surface area (Å²) in [6.45, 7) is 2.20. The van der Waals surface area contributed by atoms with Crippen LogP contribution in [0.2, 0.25) is 0 Å². The molecule has 18 heavy (non-hydrogen) atoms. The smallest absolute Gasteiger partial charge is 0.0295 e. The van der Waals surface area contributed by atoms with Gasteiger partial charge in [-0.2, -0.15) is 0 Å². The van der Waals surface area contributed by atoms with Gasteiger partial charge in [0.25, 0.3) is 0 Å². The van der Waals surface area contributed by atoms with E-state index in [1.165, 1.54) is 29.5 Å². The minimum atomic E-state index is 0.161. The summed E-state index contributed by atoms with van der Waals surface area (Å²) in [5, 5.41) is 0. The van der Waals surface area contributed by atoms with Crippen LogP contribution in [0.4, 0.5) is 0 Å². The van der Waals surface area contributed by atoms with Crippen LogP contribution in [0, 0.1) is 0 Å². The normalized spacial score (nSPS) is 12.3. The van der Waals surface area contributed by atoms with Crippen LogP contribution in [0.3, 0.4) is 0 Å². The maximum atomic E-state index is 6.23. The van der Waals surface area contributed by atoms with E-state index in [4.69, 9.17) is 5.73 Å². The molecule has 0 saturated heterocycles.